The van der Waals surface area contributed by atoms with Gasteiger partial charge in [-0.3, -0.25) is 0 Å². The van der Waals surface area contributed by atoms with Crippen molar-refractivity contribution in [2.45, 2.75) is 0 Å². The number of hydrogen-bond donors (Lipinski definition) is 2. The molecule has 0 spiro atoms. The summed E-state index contributed by atoms with van der Waals surface area (Å²) in [5.41, 5.74) is 2.32. The van der Waals surface area contributed by atoms with Gasteiger partial charge in [-0.1, -0.05) is 71.1 Å². The smallest absolute Gasteiger partial charge is 0.0699 e. The van der Waals surface area contributed by atoms with Crippen molar-refractivity contribution >= 4 is 12.4 Å². The summed E-state index contributed by atoms with van der Waals surface area (Å²) in [6, 6.07) is 0. The van der Waals surface area contributed by atoms with Gasteiger partial charge >= 0.3 is 0 Å². The molecule has 0 aromatic rings. The fourth-order valence-corrected chi connectivity index (χ4v) is 4.95. The lowest BCUT2D eigenvalue weighted by atomic mass is 10.0. The predicted molar refractivity (Wildman–Crippen MR) is 101 cm³/mol. The first kappa shape index (κ1) is 15.6. The standard InChI is InChI=1S/2C11H11NO/c13-12-6-8-5-11-9-3-1-7(8)2-4-10(9)11;13-12-6-8-5-7-1-3-9-10(4-2-7)11(8)9/h2*1-7,9-11,13H. The van der Waals surface area contributed by atoms with E-state index in [9.17, 15) is 0 Å². The van der Waals surface area contributed by atoms with Crippen LogP contribution in [0.25, 0.3) is 0 Å². The van der Waals surface area contributed by atoms with Gasteiger partial charge in [-0.15, -0.1) is 0 Å². The first-order valence-electron chi connectivity index (χ1n) is 9.32. The molecule has 8 aliphatic rings. The number of allylic oxidation sites excluding steroid dienone is 12. The molecule has 132 valence electrons. The van der Waals surface area contributed by atoms with Crippen molar-refractivity contribution in [3.8, 4) is 0 Å². The van der Waals surface area contributed by atoms with Crippen LogP contribution >= 0.6 is 0 Å². The molecule has 26 heavy (non-hydrogen) atoms. The van der Waals surface area contributed by atoms with Crippen LogP contribution in [0, 0.1) is 47.3 Å². The van der Waals surface area contributed by atoms with E-state index in [0.29, 0.717) is 47.3 Å². The van der Waals surface area contributed by atoms with E-state index in [1.165, 1.54) is 5.57 Å². The minimum absolute atomic E-state index is 0.330. The Morgan fingerprint density at radius 3 is 1.81 bits per heavy atom. The maximum Gasteiger partial charge on any atom is 0.0699 e. The maximum absolute atomic E-state index is 8.53. The molecule has 0 radical (unpaired) electrons. The van der Waals surface area contributed by atoms with Gasteiger partial charge in [0.25, 0.3) is 0 Å². The highest BCUT2D eigenvalue weighted by molar-refractivity contribution is 5.81. The largest absolute Gasteiger partial charge is 0.411 e. The normalized spacial score (nSPS) is 44.8. The van der Waals surface area contributed by atoms with Crippen LogP contribution in [0.4, 0.5) is 0 Å². The maximum atomic E-state index is 8.53. The van der Waals surface area contributed by atoms with Crippen LogP contribution in [-0.4, -0.2) is 22.8 Å². The molecule has 8 aliphatic carbocycles. The van der Waals surface area contributed by atoms with E-state index in [4.69, 9.17) is 10.4 Å². The molecular formula is C22H22N2O2. The van der Waals surface area contributed by atoms with E-state index >= 15 is 0 Å². The molecular weight excluding hydrogens is 324 g/mol. The SMILES string of the molecule is ON=CC1=CC2C3C=CC1C=CC32.ON=CC1=CC2C=CC3C(C=C2)C13. The highest BCUT2D eigenvalue weighted by Crippen LogP contribution is 2.56. The summed E-state index contributed by atoms with van der Waals surface area (Å²) in [4.78, 5) is 0. The van der Waals surface area contributed by atoms with Crippen molar-refractivity contribution in [2.24, 2.45) is 57.7 Å². The summed E-state index contributed by atoms with van der Waals surface area (Å²) in [6.45, 7) is 0. The molecule has 2 saturated carbocycles. The Balaban J connectivity index is 0.000000115. The Hall–Kier alpha value is -2.62. The molecule has 0 aliphatic heterocycles. The zero-order valence-corrected chi connectivity index (χ0v) is 14.3. The molecule has 0 heterocycles. The topological polar surface area (TPSA) is 65.2 Å². The summed E-state index contributed by atoms with van der Waals surface area (Å²) in [7, 11) is 0. The Kier molecular flexibility index (Phi) is 3.59. The molecule has 4 atom stereocenters. The van der Waals surface area contributed by atoms with E-state index in [-0.39, 0.29) is 0 Å². The van der Waals surface area contributed by atoms with Gasteiger partial charge in [0, 0.05) is 11.8 Å². The quantitative estimate of drug-likeness (QED) is 0.344. The van der Waals surface area contributed by atoms with E-state index in [1.807, 2.05) is 0 Å². The molecule has 0 aromatic carbocycles. The van der Waals surface area contributed by atoms with Crippen molar-refractivity contribution in [1.29, 1.82) is 0 Å². The Morgan fingerprint density at radius 2 is 1.19 bits per heavy atom. The third-order valence-corrected chi connectivity index (χ3v) is 6.47. The van der Waals surface area contributed by atoms with Crippen LogP contribution in [-0.2, 0) is 0 Å². The van der Waals surface area contributed by atoms with Gasteiger partial charge in [-0.05, 0) is 46.7 Å². The van der Waals surface area contributed by atoms with Crippen molar-refractivity contribution in [1.82, 2.24) is 0 Å². The Bertz CT molecular complexity index is 802. The first-order chi connectivity index (χ1) is 12.8. The highest BCUT2D eigenvalue weighted by Gasteiger charge is 2.50. The van der Waals surface area contributed by atoms with Crippen LogP contribution in [0.15, 0.2) is 82.2 Å². The van der Waals surface area contributed by atoms with Crippen LogP contribution < -0.4 is 0 Å². The summed E-state index contributed by atoms with van der Waals surface area (Å²) >= 11 is 0. The lowest BCUT2D eigenvalue weighted by molar-refractivity contribution is 0.321. The van der Waals surface area contributed by atoms with Crippen molar-refractivity contribution in [3.63, 3.8) is 0 Å². The molecule has 8 rings (SSSR count). The number of rotatable bonds is 2. The van der Waals surface area contributed by atoms with Crippen molar-refractivity contribution in [2.75, 3.05) is 0 Å². The van der Waals surface area contributed by atoms with E-state index in [1.54, 1.807) is 12.4 Å². The summed E-state index contributed by atoms with van der Waals surface area (Å²) in [5.74, 6) is 4.73. The predicted octanol–water partition coefficient (Wildman–Crippen LogP) is 3.98. The molecule has 4 unspecified atom stereocenters. The first-order valence-corrected chi connectivity index (χ1v) is 9.32. The van der Waals surface area contributed by atoms with Gasteiger partial charge in [-0.25, -0.2) is 0 Å². The molecule has 8 bridgehead atoms. The van der Waals surface area contributed by atoms with Crippen LogP contribution in [0.3, 0.4) is 0 Å². The van der Waals surface area contributed by atoms with Gasteiger partial charge in [0.15, 0.2) is 0 Å². The summed E-state index contributed by atoms with van der Waals surface area (Å²) in [5, 5.41) is 23.3. The highest BCUT2D eigenvalue weighted by atomic mass is 16.4. The molecule has 2 fully saturated rings. The second-order valence-electron chi connectivity index (χ2n) is 7.88. The molecule has 0 aromatic heterocycles. The average Bonchev–Trinajstić information content (AvgIpc) is 3.46. The fraction of sp³-hybridized carbons (Fsp3) is 0.364. The Labute approximate surface area is 153 Å². The number of hydrogen-bond acceptors (Lipinski definition) is 4. The average molecular weight is 346 g/mol. The van der Waals surface area contributed by atoms with Gasteiger partial charge in [0.1, 0.15) is 0 Å². The van der Waals surface area contributed by atoms with E-state index in [0.717, 1.165) is 5.57 Å². The van der Waals surface area contributed by atoms with Gasteiger partial charge in [0.2, 0.25) is 0 Å². The van der Waals surface area contributed by atoms with Crippen LogP contribution in [0.1, 0.15) is 0 Å². The van der Waals surface area contributed by atoms with Gasteiger partial charge in [-0.2, -0.15) is 0 Å². The van der Waals surface area contributed by atoms with Crippen molar-refractivity contribution in [3.05, 3.63) is 71.9 Å². The zero-order chi connectivity index (χ0) is 17.7. The number of nitrogens with zero attached hydrogens (tertiary/aromatic N) is 2. The minimum atomic E-state index is 0.330. The van der Waals surface area contributed by atoms with Crippen LogP contribution in [0.5, 0.6) is 0 Å². The third kappa shape index (κ3) is 2.52. The second-order valence-corrected chi connectivity index (χ2v) is 7.88. The fourth-order valence-electron chi connectivity index (χ4n) is 4.95. The summed E-state index contributed by atoms with van der Waals surface area (Å²) in [6.07, 6.45) is 25.7. The number of oxime groups is 2. The lowest BCUT2D eigenvalue weighted by Crippen LogP contribution is -1.97. The molecule has 2 N–H and O–H groups in total. The molecule has 4 nitrogen and oxygen atoms in total. The zero-order valence-electron chi connectivity index (χ0n) is 14.3. The minimum Gasteiger partial charge on any atom is -0.411 e. The summed E-state index contributed by atoms with van der Waals surface area (Å²) < 4.78 is 0. The van der Waals surface area contributed by atoms with E-state index < -0.39 is 0 Å². The van der Waals surface area contributed by atoms with Crippen molar-refractivity contribution < 1.29 is 10.4 Å². The monoisotopic (exact) mass is 346 g/mol. The molecule has 4 heteroatoms. The molecule has 0 saturated heterocycles. The van der Waals surface area contributed by atoms with Gasteiger partial charge < -0.3 is 10.4 Å². The Morgan fingerprint density at radius 1 is 0.615 bits per heavy atom. The van der Waals surface area contributed by atoms with Gasteiger partial charge in [0.05, 0.1) is 12.4 Å². The van der Waals surface area contributed by atoms with Crippen LogP contribution in [0.2, 0.25) is 0 Å². The van der Waals surface area contributed by atoms with E-state index in [2.05, 4.69) is 71.1 Å². The third-order valence-electron chi connectivity index (χ3n) is 6.47. The second kappa shape index (κ2) is 5.97. The molecule has 0 amide bonds. The lowest BCUT2D eigenvalue weighted by Gasteiger charge is -2.04.